The molecule has 1 unspecified atom stereocenters. The third-order valence-electron chi connectivity index (χ3n) is 3.79. The van der Waals surface area contributed by atoms with Gasteiger partial charge in [-0.25, -0.2) is 13.6 Å². The lowest BCUT2D eigenvalue weighted by atomic mass is 10.1. The molecule has 7 heteroatoms. The number of primary sulfonamides is 1. The zero-order valence-electron chi connectivity index (χ0n) is 14.4. The predicted molar refractivity (Wildman–Crippen MR) is 95.8 cm³/mol. The summed E-state index contributed by atoms with van der Waals surface area (Å²) in [6.07, 6.45) is 0. The molecule has 0 fully saturated rings. The van der Waals surface area contributed by atoms with Gasteiger partial charge in [0.1, 0.15) is 5.75 Å². The zero-order chi connectivity index (χ0) is 18.6. The molecular formula is C18H22N2O4S. The lowest BCUT2D eigenvalue weighted by Crippen LogP contribution is -2.31. The van der Waals surface area contributed by atoms with Crippen LogP contribution in [0.3, 0.4) is 0 Å². The average molecular weight is 362 g/mol. The molecule has 0 radical (unpaired) electrons. The van der Waals surface area contributed by atoms with Gasteiger partial charge in [0.25, 0.3) is 5.91 Å². The Morgan fingerprint density at radius 1 is 1.16 bits per heavy atom. The van der Waals surface area contributed by atoms with E-state index in [0.29, 0.717) is 5.75 Å². The van der Waals surface area contributed by atoms with Gasteiger partial charge in [0.2, 0.25) is 10.0 Å². The van der Waals surface area contributed by atoms with Gasteiger partial charge < -0.3 is 10.1 Å². The first-order chi connectivity index (χ1) is 11.7. The van der Waals surface area contributed by atoms with Crippen molar-refractivity contribution >= 4 is 15.9 Å². The Morgan fingerprint density at radius 2 is 1.80 bits per heavy atom. The Balaban J connectivity index is 1.94. The molecule has 0 aliphatic rings. The van der Waals surface area contributed by atoms with Crippen molar-refractivity contribution in [2.24, 2.45) is 5.14 Å². The van der Waals surface area contributed by atoms with E-state index in [2.05, 4.69) is 5.32 Å². The molecule has 25 heavy (non-hydrogen) atoms. The van der Waals surface area contributed by atoms with E-state index in [4.69, 9.17) is 9.88 Å². The van der Waals surface area contributed by atoms with Crippen molar-refractivity contribution in [1.82, 2.24) is 5.32 Å². The number of rotatable bonds is 6. The summed E-state index contributed by atoms with van der Waals surface area (Å²) in [5.74, 6) is 0.421. The first-order valence-electron chi connectivity index (χ1n) is 7.79. The molecule has 0 aromatic heterocycles. The maximum atomic E-state index is 12.1. The van der Waals surface area contributed by atoms with Gasteiger partial charge in [-0.05, 0) is 55.7 Å². The Bertz CT molecular complexity index is 861. The number of ether oxygens (including phenoxy) is 1. The predicted octanol–water partition coefficient (Wildman–Crippen LogP) is 2.21. The Kier molecular flexibility index (Phi) is 5.81. The number of nitrogens with one attached hydrogen (secondary N) is 1. The zero-order valence-corrected chi connectivity index (χ0v) is 15.3. The lowest BCUT2D eigenvalue weighted by molar-refractivity contribution is -0.123. The summed E-state index contributed by atoms with van der Waals surface area (Å²) in [7, 11) is -3.72. The second-order valence-electron chi connectivity index (χ2n) is 5.96. The molecule has 1 atom stereocenters. The number of carbonyl (C=O) groups is 1. The van der Waals surface area contributed by atoms with Crippen molar-refractivity contribution < 1.29 is 17.9 Å². The summed E-state index contributed by atoms with van der Waals surface area (Å²) in [6, 6.07) is 11.6. The fourth-order valence-electron chi connectivity index (χ4n) is 2.32. The number of sulfonamides is 1. The summed E-state index contributed by atoms with van der Waals surface area (Å²) in [4.78, 5) is 12.1. The van der Waals surface area contributed by atoms with Gasteiger partial charge in [0.05, 0.1) is 10.9 Å². The molecular weight excluding hydrogens is 340 g/mol. The highest BCUT2D eigenvalue weighted by molar-refractivity contribution is 7.89. The Hall–Kier alpha value is -2.38. The second-order valence-corrected chi connectivity index (χ2v) is 7.52. The standard InChI is InChI=1S/C18H22N2O4S/c1-12-4-5-13(2)17(10-12)24-11-18(21)20-14(3)15-6-8-16(9-7-15)25(19,22)23/h4-10,14H,11H2,1-3H3,(H,20,21)(H2,19,22,23). The summed E-state index contributed by atoms with van der Waals surface area (Å²) in [5.41, 5.74) is 2.79. The van der Waals surface area contributed by atoms with Crippen LogP contribution in [0, 0.1) is 13.8 Å². The molecule has 0 saturated carbocycles. The van der Waals surface area contributed by atoms with Crippen molar-refractivity contribution in [3.63, 3.8) is 0 Å². The van der Waals surface area contributed by atoms with Crippen molar-refractivity contribution in [1.29, 1.82) is 0 Å². The van der Waals surface area contributed by atoms with Crippen molar-refractivity contribution in [2.45, 2.75) is 31.7 Å². The molecule has 2 rings (SSSR count). The van der Waals surface area contributed by atoms with Crippen molar-refractivity contribution in [3.05, 3.63) is 59.2 Å². The number of nitrogens with two attached hydrogens (primary N) is 1. The summed E-state index contributed by atoms with van der Waals surface area (Å²) in [6.45, 7) is 5.59. The van der Waals surface area contributed by atoms with Crippen LogP contribution in [0.25, 0.3) is 0 Å². The molecule has 2 aromatic rings. The van der Waals surface area contributed by atoms with Gasteiger partial charge in [-0.3, -0.25) is 4.79 Å². The maximum absolute atomic E-state index is 12.1. The average Bonchev–Trinajstić information content (AvgIpc) is 2.55. The first kappa shape index (κ1) is 19.0. The second kappa shape index (κ2) is 7.67. The van der Waals surface area contributed by atoms with Crippen LogP contribution in [0.4, 0.5) is 0 Å². The van der Waals surface area contributed by atoms with Gasteiger partial charge in [-0.2, -0.15) is 0 Å². The number of hydrogen-bond acceptors (Lipinski definition) is 4. The fraction of sp³-hybridized carbons (Fsp3) is 0.278. The Labute approximate surface area is 148 Å². The Morgan fingerprint density at radius 3 is 2.40 bits per heavy atom. The molecule has 0 heterocycles. The number of carbonyl (C=O) groups excluding carboxylic acids is 1. The molecule has 0 bridgehead atoms. The number of hydrogen-bond donors (Lipinski definition) is 2. The van der Waals surface area contributed by atoms with E-state index >= 15 is 0 Å². The first-order valence-corrected chi connectivity index (χ1v) is 9.33. The highest BCUT2D eigenvalue weighted by Gasteiger charge is 2.13. The molecule has 0 aliphatic carbocycles. The monoisotopic (exact) mass is 362 g/mol. The van der Waals surface area contributed by atoms with Gasteiger partial charge >= 0.3 is 0 Å². The smallest absolute Gasteiger partial charge is 0.258 e. The van der Waals surface area contributed by atoms with E-state index in [9.17, 15) is 13.2 Å². The van der Waals surface area contributed by atoms with E-state index in [-0.39, 0.29) is 23.5 Å². The largest absolute Gasteiger partial charge is 0.483 e. The van der Waals surface area contributed by atoms with Crippen LogP contribution >= 0.6 is 0 Å². The van der Waals surface area contributed by atoms with E-state index in [1.165, 1.54) is 12.1 Å². The highest BCUT2D eigenvalue weighted by atomic mass is 32.2. The minimum atomic E-state index is -3.72. The fourth-order valence-corrected chi connectivity index (χ4v) is 2.83. The van der Waals surface area contributed by atoms with Gasteiger partial charge in [-0.15, -0.1) is 0 Å². The van der Waals surface area contributed by atoms with Crippen LogP contribution in [-0.4, -0.2) is 20.9 Å². The van der Waals surface area contributed by atoms with Crippen LogP contribution in [0.2, 0.25) is 0 Å². The summed E-state index contributed by atoms with van der Waals surface area (Å²) < 4.78 is 28.1. The lowest BCUT2D eigenvalue weighted by Gasteiger charge is -2.16. The topological polar surface area (TPSA) is 98.5 Å². The van der Waals surface area contributed by atoms with E-state index < -0.39 is 10.0 Å². The molecule has 0 spiro atoms. The molecule has 0 aliphatic heterocycles. The third-order valence-corrected chi connectivity index (χ3v) is 4.72. The minimum Gasteiger partial charge on any atom is -0.483 e. The van der Waals surface area contributed by atoms with Crippen molar-refractivity contribution in [3.8, 4) is 5.75 Å². The highest BCUT2D eigenvalue weighted by Crippen LogP contribution is 2.19. The molecule has 134 valence electrons. The van der Waals surface area contributed by atoms with E-state index in [1.54, 1.807) is 12.1 Å². The number of benzene rings is 2. The third kappa shape index (κ3) is 5.30. The van der Waals surface area contributed by atoms with Crippen LogP contribution in [0.1, 0.15) is 29.7 Å². The summed E-state index contributed by atoms with van der Waals surface area (Å²) in [5, 5.41) is 7.88. The summed E-state index contributed by atoms with van der Waals surface area (Å²) >= 11 is 0. The normalized spacial score (nSPS) is 12.5. The molecule has 3 N–H and O–H groups in total. The number of aryl methyl sites for hydroxylation is 2. The molecule has 2 aromatic carbocycles. The maximum Gasteiger partial charge on any atom is 0.258 e. The molecule has 6 nitrogen and oxygen atoms in total. The van der Waals surface area contributed by atoms with Crippen molar-refractivity contribution in [2.75, 3.05) is 6.61 Å². The molecule has 0 saturated heterocycles. The SMILES string of the molecule is Cc1ccc(C)c(OCC(=O)NC(C)c2ccc(S(N)(=O)=O)cc2)c1. The van der Waals surface area contributed by atoms with E-state index in [0.717, 1.165) is 16.7 Å². The molecule has 1 amide bonds. The van der Waals surface area contributed by atoms with E-state index in [1.807, 2.05) is 39.0 Å². The van der Waals surface area contributed by atoms with Crippen LogP contribution < -0.4 is 15.2 Å². The quantitative estimate of drug-likeness (QED) is 0.823. The van der Waals surface area contributed by atoms with Gasteiger partial charge in [0.15, 0.2) is 6.61 Å². The van der Waals surface area contributed by atoms with Crippen LogP contribution in [0.15, 0.2) is 47.4 Å². The van der Waals surface area contributed by atoms with Crippen LogP contribution in [0.5, 0.6) is 5.75 Å². The number of amides is 1. The van der Waals surface area contributed by atoms with Gasteiger partial charge in [0, 0.05) is 0 Å². The minimum absolute atomic E-state index is 0.0352. The van der Waals surface area contributed by atoms with Crippen LogP contribution in [-0.2, 0) is 14.8 Å². The van der Waals surface area contributed by atoms with Gasteiger partial charge in [-0.1, -0.05) is 24.3 Å².